The van der Waals surface area contributed by atoms with E-state index in [0.717, 1.165) is 26.2 Å². The number of rotatable bonds is 4. The Kier molecular flexibility index (Phi) is 4.38. The van der Waals surface area contributed by atoms with Crippen molar-refractivity contribution < 1.29 is 4.74 Å². The lowest BCUT2D eigenvalue weighted by Crippen LogP contribution is -2.57. The molecule has 18 heavy (non-hydrogen) atoms. The molecular weight excluding hydrogens is 224 g/mol. The van der Waals surface area contributed by atoms with Crippen molar-refractivity contribution in [3.05, 3.63) is 35.4 Å². The van der Waals surface area contributed by atoms with E-state index >= 15 is 0 Å². The van der Waals surface area contributed by atoms with Crippen LogP contribution < -0.4 is 5.32 Å². The first kappa shape index (κ1) is 13.5. The summed E-state index contributed by atoms with van der Waals surface area (Å²) in [4.78, 5) is 2.55. The third-order valence-corrected chi connectivity index (χ3v) is 3.65. The smallest absolute Gasteiger partial charge is 0.0713 e. The zero-order valence-electron chi connectivity index (χ0n) is 11.7. The number of ether oxygens (including phenoxy) is 1. The van der Waals surface area contributed by atoms with Crippen molar-refractivity contribution in [1.82, 2.24) is 10.2 Å². The summed E-state index contributed by atoms with van der Waals surface area (Å²) in [5, 5.41) is 3.46. The molecule has 1 saturated heterocycles. The van der Waals surface area contributed by atoms with Gasteiger partial charge in [0.2, 0.25) is 0 Å². The quantitative estimate of drug-likeness (QED) is 0.882. The minimum absolute atomic E-state index is 0.232. The fourth-order valence-corrected chi connectivity index (χ4v) is 2.52. The molecule has 100 valence electrons. The fourth-order valence-electron chi connectivity index (χ4n) is 2.52. The fraction of sp³-hybridized carbons (Fsp3) is 0.600. The number of benzene rings is 1. The van der Waals surface area contributed by atoms with Gasteiger partial charge >= 0.3 is 0 Å². The van der Waals surface area contributed by atoms with Crippen LogP contribution in [0.25, 0.3) is 0 Å². The van der Waals surface area contributed by atoms with Gasteiger partial charge in [-0.3, -0.25) is 4.90 Å². The number of methoxy groups -OCH3 is 1. The molecule has 1 aliphatic heterocycles. The minimum atomic E-state index is 0.232. The Hall–Kier alpha value is -0.900. The topological polar surface area (TPSA) is 24.5 Å². The van der Waals surface area contributed by atoms with Crippen molar-refractivity contribution in [2.24, 2.45) is 0 Å². The molecular formula is C15H24N2O. The van der Waals surface area contributed by atoms with Crippen molar-refractivity contribution >= 4 is 0 Å². The molecule has 0 radical (unpaired) electrons. The highest BCUT2D eigenvalue weighted by atomic mass is 16.5. The summed E-state index contributed by atoms with van der Waals surface area (Å²) < 4.78 is 5.19. The van der Waals surface area contributed by atoms with Crippen LogP contribution in [0.1, 0.15) is 25.0 Å². The van der Waals surface area contributed by atoms with Crippen LogP contribution in [-0.2, 0) is 17.9 Å². The van der Waals surface area contributed by atoms with Crippen LogP contribution in [0, 0.1) is 0 Å². The first-order valence-electron chi connectivity index (χ1n) is 6.64. The molecule has 0 aromatic heterocycles. The standard InChI is InChI=1S/C15H24N2O/c1-15(2)12-16-7-8-17(15)10-13-5-4-6-14(9-13)11-18-3/h4-6,9,16H,7-8,10-12H2,1-3H3. The van der Waals surface area contributed by atoms with Crippen LogP contribution in [-0.4, -0.2) is 37.2 Å². The lowest BCUT2D eigenvalue weighted by molar-refractivity contribution is 0.0827. The maximum atomic E-state index is 5.19. The molecule has 1 aliphatic rings. The minimum Gasteiger partial charge on any atom is -0.380 e. The Balaban J connectivity index is 2.06. The molecule has 0 spiro atoms. The van der Waals surface area contributed by atoms with Gasteiger partial charge in [-0.2, -0.15) is 0 Å². The van der Waals surface area contributed by atoms with E-state index < -0.39 is 0 Å². The summed E-state index contributed by atoms with van der Waals surface area (Å²) in [7, 11) is 1.74. The van der Waals surface area contributed by atoms with Crippen molar-refractivity contribution in [2.75, 3.05) is 26.7 Å². The molecule has 0 saturated carbocycles. The van der Waals surface area contributed by atoms with Crippen LogP contribution >= 0.6 is 0 Å². The lowest BCUT2D eigenvalue weighted by atomic mass is 9.99. The van der Waals surface area contributed by atoms with Gasteiger partial charge in [-0.15, -0.1) is 0 Å². The largest absolute Gasteiger partial charge is 0.380 e. The highest BCUT2D eigenvalue weighted by molar-refractivity contribution is 5.23. The predicted octanol–water partition coefficient (Wildman–Crippen LogP) is 2.02. The molecule has 0 bridgehead atoms. The summed E-state index contributed by atoms with van der Waals surface area (Å²) in [5.41, 5.74) is 2.86. The number of nitrogens with zero attached hydrogens (tertiary/aromatic N) is 1. The molecule has 1 aromatic carbocycles. The Morgan fingerprint density at radius 2 is 2.11 bits per heavy atom. The molecule has 1 N–H and O–H groups in total. The molecule has 0 amide bonds. The van der Waals surface area contributed by atoms with Gasteiger partial charge in [0.1, 0.15) is 0 Å². The monoisotopic (exact) mass is 248 g/mol. The first-order valence-corrected chi connectivity index (χ1v) is 6.64. The van der Waals surface area contributed by atoms with Crippen molar-refractivity contribution in [3.63, 3.8) is 0 Å². The van der Waals surface area contributed by atoms with E-state index in [9.17, 15) is 0 Å². The zero-order valence-corrected chi connectivity index (χ0v) is 11.7. The second-order valence-electron chi connectivity index (χ2n) is 5.66. The highest BCUT2D eigenvalue weighted by Crippen LogP contribution is 2.20. The van der Waals surface area contributed by atoms with Gasteiger partial charge < -0.3 is 10.1 Å². The van der Waals surface area contributed by atoms with E-state index in [4.69, 9.17) is 4.74 Å². The number of hydrogen-bond acceptors (Lipinski definition) is 3. The van der Waals surface area contributed by atoms with Crippen molar-refractivity contribution in [3.8, 4) is 0 Å². The van der Waals surface area contributed by atoms with Crippen LogP contribution in [0.3, 0.4) is 0 Å². The molecule has 0 unspecified atom stereocenters. The average Bonchev–Trinajstić information content (AvgIpc) is 2.33. The third kappa shape index (κ3) is 3.31. The van der Waals surface area contributed by atoms with Crippen molar-refractivity contribution in [1.29, 1.82) is 0 Å². The van der Waals surface area contributed by atoms with Gasteiger partial charge in [0, 0.05) is 38.8 Å². The highest BCUT2D eigenvalue weighted by Gasteiger charge is 2.29. The third-order valence-electron chi connectivity index (χ3n) is 3.65. The van der Waals surface area contributed by atoms with Crippen LogP contribution in [0.5, 0.6) is 0 Å². The van der Waals surface area contributed by atoms with Crippen molar-refractivity contribution in [2.45, 2.75) is 32.5 Å². The SMILES string of the molecule is COCc1cccc(CN2CCNCC2(C)C)c1. The number of piperazine rings is 1. The van der Waals surface area contributed by atoms with Gasteiger partial charge in [-0.25, -0.2) is 0 Å². The molecule has 3 heteroatoms. The molecule has 1 fully saturated rings. The summed E-state index contributed by atoms with van der Waals surface area (Å²) in [5.74, 6) is 0. The van der Waals surface area contributed by atoms with Gasteiger partial charge in [0.05, 0.1) is 6.61 Å². The summed E-state index contributed by atoms with van der Waals surface area (Å²) in [6.45, 7) is 9.58. The van der Waals surface area contributed by atoms with Crippen LogP contribution in [0.4, 0.5) is 0 Å². The van der Waals surface area contributed by atoms with E-state index in [2.05, 4.69) is 48.3 Å². The van der Waals surface area contributed by atoms with Crippen LogP contribution in [0.2, 0.25) is 0 Å². The maximum Gasteiger partial charge on any atom is 0.0713 e. The van der Waals surface area contributed by atoms with Gasteiger partial charge in [-0.05, 0) is 25.0 Å². The summed E-state index contributed by atoms with van der Waals surface area (Å²) in [6, 6.07) is 8.70. The van der Waals surface area contributed by atoms with E-state index in [-0.39, 0.29) is 5.54 Å². The van der Waals surface area contributed by atoms with E-state index in [1.54, 1.807) is 7.11 Å². The number of hydrogen-bond donors (Lipinski definition) is 1. The molecule has 0 atom stereocenters. The molecule has 2 rings (SSSR count). The normalized spacial score (nSPS) is 19.9. The average molecular weight is 248 g/mol. The second kappa shape index (κ2) is 5.83. The van der Waals surface area contributed by atoms with Gasteiger partial charge in [0.15, 0.2) is 0 Å². The molecule has 1 heterocycles. The molecule has 1 aromatic rings. The van der Waals surface area contributed by atoms with Gasteiger partial charge in [0.25, 0.3) is 0 Å². The molecule has 3 nitrogen and oxygen atoms in total. The molecule has 0 aliphatic carbocycles. The van der Waals surface area contributed by atoms with E-state index in [1.807, 2.05) is 0 Å². The maximum absolute atomic E-state index is 5.19. The zero-order chi connectivity index (χ0) is 13.0. The van der Waals surface area contributed by atoms with E-state index in [0.29, 0.717) is 6.61 Å². The summed E-state index contributed by atoms with van der Waals surface area (Å²) >= 11 is 0. The summed E-state index contributed by atoms with van der Waals surface area (Å²) in [6.07, 6.45) is 0. The second-order valence-corrected chi connectivity index (χ2v) is 5.66. The Labute approximate surface area is 110 Å². The van der Waals surface area contributed by atoms with E-state index in [1.165, 1.54) is 11.1 Å². The Morgan fingerprint density at radius 1 is 1.33 bits per heavy atom. The Morgan fingerprint density at radius 3 is 2.83 bits per heavy atom. The Bertz CT molecular complexity index is 390. The predicted molar refractivity (Wildman–Crippen MR) is 74.5 cm³/mol. The lowest BCUT2D eigenvalue weighted by Gasteiger charge is -2.43. The van der Waals surface area contributed by atoms with Crippen LogP contribution in [0.15, 0.2) is 24.3 Å². The van der Waals surface area contributed by atoms with Gasteiger partial charge in [-0.1, -0.05) is 24.3 Å². The first-order chi connectivity index (χ1) is 8.62. The number of nitrogens with one attached hydrogen (secondary N) is 1.